The molecule has 7 heteroatoms. The van der Waals surface area contributed by atoms with Crippen LogP contribution in [0.4, 0.5) is 5.69 Å². The fourth-order valence-corrected chi connectivity index (χ4v) is 1.64. The highest BCUT2D eigenvalue weighted by molar-refractivity contribution is 5.94. The molecule has 0 atom stereocenters. The molecule has 0 amide bonds. The summed E-state index contributed by atoms with van der Waals surface area (Å²) in [4.78, 5) is 32.4. The highest BCUT2D eigenvalue weighted by atomic mass is 16.6. The summed E-state index contributed by atoms with van der Waals surface area (Å²) in [5.41, 5.74) is 0.676. The predicted molar refractivity (Wildman–Crippen MR) is 83.6 cm³/mol. The van der Waals surface area contributed by atoms with Crippen LogP contribution in [0, 0.1) is 10.1 Å². The summed E-state index contributed by atoms with van der Waals surface area (Å²) in [5.74, 6) is -0.477. The van der Waals surface area contributed by atoms with Gasteiger partial charge in [-0.3, -0.25) is 19.7 Å². The summed E-state index contributed by atoms with van der Waals surface area (Å²) in [7, 11) is 0. The quantitative estimate of drug-likeness (QED) is 0.228. The van der Waals surface area contributed by atoms with Crippen molar-refractivity contribution in [1.29, 1.82) is 0 Å². The van der Waals surface area contributed by atoms with Crippen LogP contribution in [-0.4, -0.2) is 29.9 Å². The van der Waals surface area contributed by atoms with E-state index in [-0.39, 0.29) is 24.5 Å². The zero-order valence-corrected chi connectivity index (χ0v) is 13.1. The van der Waals surface area contributed by atoms with Gasteiger partial charge in [0, 0.05) is 12.1 Å². The zero-order valence-electron chi connectivity index (χ0n) is 13.1. The third kappa shape index (κ3) is 7.21. The first-order chi connectivity index (χ1) is 10.9. The van der Waals surface area contributed by atoms with E-state index in [1.807, 2.05) is 6.92 Å². The number of ether oxygens (including phenoxy) is 2. The van der Waals surface area contributed by atoms with Crippen molar-refractivity contribution in [3.05, 3.63) is 45.7 Å². The molecule has 0 aliphatic rings. The number of nitro groups is 1. The van der Waals surface area contributed by atoms with E-state index in [9.17, 15) is 19.7 Å². The largest absolute Gasteiger partial charge is 0.494 e. The zero-order chi connectivity index (χ0) is 17.2. The molecule has 0 radical (unpaired) electrons. The Morgan fingerprint density at radius 3 is 2.39 bits per heavy atom. The predicted octanol–water partition coefficient (Wildman–Crippen LogP) is 2.88. The smallest absolute Gasteiger partial charge is 0.313 e. The summed E-state index contributed by atoms with van der Waals surface area (Å²) < 4.78 is 10.5. The van der Waals surface area contributed by atoms with E-state index in [0.717, 1.165) is 6.42 Å². The van der Waals surface area contributed by atoms with Crippen LogP contribution < -0.4 is 0 Å². The van der Waals surface area contributed by atoms with Gasteiger partial charge >= 0.3 is 5.97 Å². The summed E-state index contributed by atoms with van der Waals surface area (Å²) >= 11 is 0. The molecule has 0 fully saturated rings. The average Bonchev–Trinajstić information content (AvgIpc) is 2.49. The van der Waals surface area contributed by atoms with Crippen molar-refractivity contribution < 1.29 is 24.0 Å². The van der Waals surface area contributed by atoms with Crippen LogP contribution in [0.3, 0.4) is 0 Å². The molecule has 0 saturated carbocycles. The van der Waals surface area contributed by atoms with Gasteiger partial charge in [0.25, 0.3) is 5.69 Å². The Kier molecular flexibility index (Phi) is 7.45. The van der Waals surface area contributed by atoms with Gasteiger partial charge in [-0.05, 0) is 37.1 Å². The summed E-state index contributed by atoms with van der Waals surface area (Å²) in [6.45, 7) is 3.60. The molecule has 0 saturated heterocycles. The number of nitro benzene ring substituents is 1. The number of nitrogens with zero attached hydrogens (tertiary/aromatic N) is 1. The maximum atomic E-state index is 11.4. The first-order valence-corrected chi connectivity index (χ1v) is 7.15. The topological polar surface area (TPSA) is 95.7 Å². The van der Waals surface area contributed by atoms with Gasteiger partial charge in [0.15, 0.2) is 0 Å². The van der Waals surface area contributed by atoms with Gasteiger partial charge in [0.05, 0.1) is 11.5 Å². The van der Waals surface area contributed by atoms with Gasteiger partial charge in [0.2, 0.25) is 0 Å². The monoisotopic (exact) mass is 321 g/mol. The van der Waals surface area contributed by atoms with Crippen molar-refractivity contribution in [2.24, 2.45) is 0 Å². The molecule has 0 heterocycles. The molecule has 124 valence electrons. The number of hydrogen-bond donors (Lipinski definition) is 0. The second-order valence-electron chi connectivity index (χ2n) is 4.85. The maximum absolute atomic E-state index is 11.4. The van der Waals surface area contributed by atoms with Crippen LogP contribution in [0.2, 0.25) is 0 Å². The molecule has 0 unspecified atom stereocenters. The van der Waals surface area contributed by atoms with Gasteiger partial charge in [-0.1, -0.05) is 6.92 Å². The van der Waals surface area contributed by atoms with Crippen molar-refractivity contribution in [3.63, 3.8) is 0 Å². The lowest BCUT2D eigenvalue weighted by atomic mass is 10.2. The molecule has 1 aromatic rings. The minimum absolute atomic E-state index is 0.00828. The Morgan fingerprint density at radius 1 is 1.22 bits per heavy atom. The normalized spacial score (nSPS) is 11.0. The molecule has 1 rings (SSSR count). The second-order valence-corrected chi connectivity index (χ2v) is 4.85. The molecule has 0 aliphatic heterocycles. The SMILES string of the molecule is CCCO/C(=C\c1ccc([N+](=O)[O-])cc1)COC(=O)CC(C)=O. The summed E-state index contributed by atoms with van der Waals surface area (Å²) in [6, 6.07) is 5.91. The molecular weight excluding hydrogens is 302 g/mol. The van der Waals surface area contributed by atoms with Crippen LogP contribution in [-0.2, 0) is 19.1 Å². The lowest BCUT2D eigenvalue weighted by molar-refractivity contribution is -0.384. The van der Waals surface area contributed by atoms with Gasteiger partial charge in [0.1, 0.15) is 24.6 Å². The van der Waals surface area contributed by atoms with Crippen molar-refractivity contribution in [2.45, 2.75) is 26.7 Å². The Balaban J connectivity index is 2.77. The van der Waals surface area contributed by atoms with Crippen molar-refractivity contribution in [3.8, 4) is 0 Å². The fourth-order valence-electron chi connectivity index (χ4n) is 1.64. The number of esters is 1. The standard InChI is InChI=1S/C16H19NO6/c1-3-8-22-15(11-23-16(19)9-12(2)18)10-13-4-6-14(7-5-13)17(20)21/h4-7,10H,3,8-9,11H2,1-2H3/b15-10-. The van der Waals surface area contributed by atoms with Crippen LogP contribution >= 0.6 is 0 Å². The number of Topliss-reactive ketones (excluding diaryl/α,β-unsaturated/α-hetero) is 1. The van der Waals surface area contributed by atoms with Crippen molar-refractivity contribution in [1.82, 2.24) is 0 Å². The molecule has 1 aromatic carbocycles. The lowest BCUT2D eigenvalue weighted by Gasteiger charge is -2.10. The van der Waals surface area contributed by atoms with Crippen LogP contribution in [0.15, 0.2) is 30.0 Å². The molecular formula is C16H19NO6. The fraction of sp³-hybridized carbons (Fsp3) is 0.375. The number of hydrogen-bond acceptors (Lipinski definition) is 6. The lowest BCUT2D eigenvalue weighted by Crippen LogP contribution is -2.12. The van der Waals surface area contributed by atoms with E-state index in [1.54, 1.807) is 18.2 Å². The number of ketones is 1. The summed E-state index contributed by atoms with van der Waals surface area (Å²) in [5, 5.41) is 10.6. The van der Waals surface area contributed by atoms with Gasteiger partial charge in [-0.15, -0.1) is 0 Å². The Morgan fingerprint density at radius 2 is 1.87 bits per heavy atom. The molecule has 0 bridgehead atoms. The minimum Gasteiger partial charge on any atom is -0.494 e. The number of carbonyl (C=O) groups is 2. The third-order valence-corrected chi connectivity index (χ3v) is 2.69. The average molecular weight is 321 g/mol. The highest BCUT2D eigenvalue weighted by Crippen LogP contribution is 2.15. The van der Waals surface area contributed by atoms with E-state index < -0.39 is 10.9 Å². The number of carbonyl (C=O) groups excluding carboxylic acids is 2. The maximum Gasteiger partial charge on any atom is 0.313 e. The molecule has 0 N–H and O–H groups in total. The number of non-ortho nitro benzene ring substituents is 1. The van der Waals surface area contributed by atoms with E-state index in [0.29, 0.717) is 17.9 Å². The minimum atomic E-state index is -0.618. The van der Waals surface area contributed by atoms with E-state index in [2.05, 4.69) is 0 Å². The second kappa shape index (κ2) is 9.34. The Labute approximate surface area is 134 Å². The number of rotatable bonds is 9. The van der Waals surface area contributed by atoms with Crippen molar-refractivity contribution >= 4 is 23.5 Å². The van der Waals surface area contributed by atoms with Crippen LogP contribution in [0.5, 0.6) is 0 Å². The van der Waals surface area contributed by atoms with Crippen LogP contribution in [0.1, 0.15) is 32.3 Å². The van der Waals surface area contributed by atoms with Crippen LogP contribution in [0.25, 0.3) is 6.08 Å². The Bertz CT molecular complexity index is 591. The van der Waals surface area contributed by atoms with E-state index in [1.165, 1.54) is 19.1 Å². The Hall–Kier alpha value is -2.70. The van der Waals surface area contributed by atoms with E-state index in [4.69, 9.17) is 9.47 Å². The van der Waals surface area contributed by atoms with E-state index >= 15 is 0 Å². The molecule has 0 aliphatic carbocycles. The first kappa shape index (κ1) is 18.3. The molecule has 7 nitrogen and oxygen atoms in total. The summed E-state index contributed by atoms with van der Waals surface area (Å²) in [6.07, 6.45) is 2.14. The van der Waals surface area contributed by atoms with Gasteiger partial charge < -0.3 is 9.47 Å². The first-order valence-electron chi connectivity index (χ1n) is 7.15. The third-order valence-electron chi connectivity index (χ3n) is 2.69. The molecule has 23 heavy (non-hydrogen) atoms. The molecule has 0 aromatic heterocycles. The number of benzene rings is 1. The highest BCUT2D eigenvalue weighted by Gasteiger charge is 2.09. The van der Waals surface area contributed by atoms with Crippen molar-refractivity contribution in [2.75, 3.05) is 13.2 Å². The van der Waals surface area contributed by atoms with Gasteiger partial charge in [-0.2, -0.15) is 0 Å². The van der Waals surface area contributed by atoms with Gasteiger partial charge in [-0.25, -0.2) is 0 Å². The molecule has 0 spiro atoms.